The highest BCUT2D eigenvalue weighted by Gasteiger charge is 2.27. The summed E-state index contributed by atoms with van der Waals surface area (Å²) in [6.45, 7) is 4.79. The van der Waals surface area contributed by atoms with E-state index in [1.165, 1.54) is 24.2 Å². The molecule has 1 saturated carbocycles. The lowest BCUT2D eigenvalue weighted by atomic mass is 9.78. The van der Waals surface area contributed by atoms with Crippen molar-refractivity contribution >= 4 is 17.1 Å². The number of hydrogen-bond acceptors (Lipinski definition) is 7. The first-order valence-electron chi connectivity index (χ1n) is 11.9. The number of fused-ring (bicyclic) bond motifs is 1. The molecule has 0 spiro atoms. The molecular weight excluding hydrogens is 448 g/mol. The van der Waals surface area contributed by atoms with Gasteiger partial charge < -0.3 is 9.15 Å². The zero-order valence-electron chi connectivity index (χ0n) is 19.4. The molecule has 3 heterocycles. The summed E-state index contributed by atoms with van der Waals surface area (Å²) in [5.41, 5.74) is 0.977. The molecule has 6 nitrogen and oxygen atoms in total. The first kappa shape index (κ1) is 24.3. The van der Waals surface area contributed by atoms with Crippen LogP contribution in [-0.4, -0.2) is 46.3 Å². The summed E-state index contributed by atoms with van der Waals surface area (Å²) in [4.78, 5) is 24.4. The van der Waals surface area contributed by atoms with Gasteiger partial charge in [-0.2, -0.15) is 0 Å². The first-order valence-corrected chi connectivity index (χ1v) is 12.7. The van der Waals surface area contributed by atoms with E-state index in [9.17, 15) is 13.6 Å². The number of carbonyl (C=O) groups excluding carboxylic acids is 1. The van der Waals surface area contributed by atoms with E-state index < -0.39 is 12.5 Å². The van der Waals surface area contributed by atoms with Gasteiger partial charge in [0.15, 0.2) is 12.5 Å². The molecule has 0 amide bonds. The van der Waals surface area contributed by atoms with Crippen molar-refractivity contribution in [1.29, 1.82) is 0 Å². The highest BCUT2D eigenvalue weighted by molar-refractivity contribution is 7.13. The van der Waals surface area contributed by atoms with Crippen molar-refractivity contribution < 1.29 is 22.7 Å². The van der Waals surface area contributed by atoms with Crippen LogP contribution in [-0.2, 0) is 24.2 Å². The minimum atomic E-state index is -2.85. The van der Waals surface area contributed by atoms with E-state index in [-0.39, 0.29) is 5.78 Å². The van der Waals surface area contributed by atoms with Gasteiger partial charge >= 0.3 is 0 Å². The van der Waals surface area contributed by atoms with Crippen molar-refractivity contribution in [3.63, 3.8) is 0 Å². The highest BCUT2D eigenvalue weighted by Crippen LogP contribution is 2.34. The molecule has 9 heteroatoms. The minimum Gasteiger partial charge on any atom is -0.464 e. The Labute approximate surface area is 197 Å². The molecule has 0 N–H and O–H groups in total. The second-order valence-corrected chi connectivity index (χ2v) is 10.7. The van der Waals surface area contributed by atoms with Gasteiger partial charge in [0.1, 0.15) is 11.5 Å². The largest absolute Gasteiger partial charge is 0.464 e. The summed E-state index contributed by atoms with van der Waals surface area (Å²) in [6, 6.07) is 0. The number of halogens is 2. The van der Waals surface area contributed by atoms with Gasteiger partial charge in [-0.15, -0.1) is 0 Å². The number of Topliss-reactive ketones (excluding diaryl/α,β-unsaturated/α-hetero) is 1. The Morgan fingerprint density at radius 2 is 2.06 bits per heavy atom. The average Bonchev–Trinajstić information content (AvgIpc) is 3.36. The number of oxazole rings is 1. The Hall–Kier alpha value is -1.87. The lowest BCUT2D eigenvalue weighted by molar-refractivity contribution is -0.119. The van der Waals surface area contributed by atoms with E-state index in [2.05, 4.69) is 14.9 Å². The molecule has 0 atom stereocenters. The summed E-state index contributed by atoms with van der Waals surface area (Å²) in [6.07, 6.45) is 9.28. The molecule has 0 bridgehead atoms. The van der Waals surface area contributed by atoms with E-state index in [0.29, 0.717) is 41.5 Å². The summed E-state index contributed by atoms with van der Waals surface area (Å²) in [5, 5.41) is 0.356. The fraction of sp³-hybridized carbons (Fsp3) is 0.708. The van der Waals surface area contributed by atoms with Crippen LogP contribution in [0.2, 0.25) is 0 Å². The quantitative estimate of drug-likeness (QED) is 0.463. The van der Waals surface area contributed by atoms with Crippen LogP contribution in [0.15, 0.2) is 10.6 Å². The van der Waals surface area contributed by atoms with Gasteiger partial charge in [-0.25, -0.2) is 18.7 Å². The van der Waals surface area contributed by atoms with E-state index in [4.69, 9.17) is 9.15 Å². The van der Waals surface area contributed by atoms with Gasteiger partial charge in [0.25, 0.3) is 11.1 Å². The van der Waals surface area contributed by atoms with Gasteiger partial charge in [-0.1, -0.05) is 24.2 Å². The van der Waals surface area contributed by atoms with Crippen molar-refractivity contribution in [3.05, 3.63) is 28.4 Å². The number of ketones is 1. The van der Waals surface area contributed by atoms with E-state index >= 15 is 0 Å². The lowest BCUT2D eigenvalue weighted by Gasteiger charge is -2.31. The topological polar surface area (TPSA) is 68.5 Å². The number of rotatable bonds is 10. The molecule has 1 fully saturated rings. The smallest absolute Gasteiger partial charge is 0.278 e. The van der Waals surface area contributed by atoms with Crippen LogP contribution in [0.5, 0.6) is 5.19 Å². The Morgan fingerprint density at radius 3 is 2.76 bits per heavy atom. The monoisotopic (exact) mass is 481 g/mol. The van der Waals surface area contributed by atoms with Gasteiger partial charge in [0.05, 0.1) is 18.3 Å². The van der Waals surface area contributed by atoms with Crippen LogP contribution in [0.4, 0.5) is 8.78 Å². The van der Waals surface area contributed by atoms with Crippen LogP contribution in [0.25, 0.3) is 0 Å². The second kappa shape index (κ2) is 10.6. The summed E-state index contributed by atoms with van der Waals surface area (Å²) >= 11 is 1.40. The van der Waals surface area contributed by atoms with Crippen molar-refractivity contribution in [2.45, 2.75) is 77.7 Å². The Balaban J connectivity index is 1.15. The van der Waals surface area contributed by atoms with E-state index in [0.717, 1.165) is 62.8 Å². The fourth-order valence-corrected chi connectivity index (χ4v) is 5.74. The second-order valence-electron chi connectivity index (χ2n) is 9.68. The highest BCUT2D eigenvalue weighted by atomic mass is 32.1. The number of carbonyl (C=O) groups is 1. The van der Waals surface area contributed by atoms with Crippen molar-refractivity contribution in [2.24, 2.45) is 11.8 Å². The van der Waals surface area contributed by atoms with Crippen LogP contribution in [0.3, 0.4) is 0 Å². The maximum absolute atomic E-state index is 13.0. The zero-order valence-corrected chi connectivity index (χ0v) is 20.3. The summed E-state index contributed by atoms with van der Waals surface area (Å²) < 4.78 is 36.7. The summed E-state index contributed by atoms with van der Waals surface area (Å²) in [7, 11) is 0. The number of thiazole rings is 1. The average molecular weight is 482 g/mol. The third-order valence-corrected chi connectivity index (χ3v) is 7.68. The van der Waals surface area contributed by atoms with Gasteiger partial charge in [-0.3, -0.25) is 9.69 Å². The number of hydrogen-bond donors (Lipinski definition) is 0. The minimum absolute atomic E-state index is 0.244. The fourth-order valence-electron chi connectivity index (χ4n) is 4.84. The molecule has 2 aliphatic rings. The normalized spacial score (nSPS) is 21.7. The predicted octanol–water partition coefficient (Wildman–Crippen LogP) is 5.23. The Morgan fingerprint density at radius 1 is 1.30 bits per heavy atom. The molecule has 4 rings (SSSR count). The molecule has 0 unspecified atom stereocenters. The molecule has 2 aromatic rings. The third-order valence-electron chi connectivity index (χ3n) is 6.61. The van der Waals surface area contributed by atoms with Gasteiger partial charge in [-0.05, 0) is 44.1 Å². The van der Waals surface area contributed by atoms with Gasteiger partial charge in [0, 0.05) is 38.2 Å². The Kier molecular flexibility index (Phi) is 7.79. The number of aryl methyl sites for hydroxylation is 1. The molecule has 2 aromatic heterocycles. The maximum atomic E-state index is 13.0. The van der Waals surface area contributed by atoms with Crippen LogP contribution in [0, 0.1) is 18.8 Å². The molecule has 1 aliphatic carbocycles. The van der Waals surface area contributed by atoms with E-state index in [1.54, 1.807) is 13.1 Å². The summed E-state index contributed by atoms with van der Waals surface area (Å²) in [5.74, 6) is -0.144. The Bertz CT molecular complexity index is 932. The number of ether oxygens (including phenoxy) is 1. The van der Waals surface area contributed by atoms with Gasteiger partial charge in [0.2, 0.25) is 0 Å². The number of nitrogens with zero attached hydrogens (tertiary/aromatic N) is 3. The van der Waals surface area contributed by atoms with Crippen molar-refractivity contribution in [1.82, 2.24) is 14.9 Å². The number of alkyl halides is 2. The maximum Gasteiger partial charge on any atom is 0.278 e. The van der Waals surface area contributed by atoms with Crippen molar-refractivity contribution in [2.75, 3.05) is 19.7 Å². The molecule has 0 radical (unpaired) electrons. The number of aromatic nitrogens is 2. The molecule has 0 saturated heterocycles. The van der Waals surface area contributed by atoms with Crippen LogP contribution in [0.1, 0.15) is 67.7 Å². The van der Waals surface area contributed by atoms with Crippen molar-refractivity contribution in [3.8, 4) is 5.19 Å². The first-order chi connectivity index (χ1) is 15.7. The molecule has 0 aromatic carbocycles. The third kappa shape index (κ3) is 7.30. The molecule has 1 aliphatic heterocycles. The molecule has 182 valence electrons. The van der Waals surface area contributed by atoms with E-state index in [1.807, 2.05) is 0 Å². The molecule has 33 heavy (non-hydrogen) atoms. The predicted molar refractivity (Wildman–Crippen MR) is 122 cm³/mol. The SMILES string of the molecule is Cc1ncc(CC(=O)CC2CCC(CCN3CCc4sc(OCC(C)(F)F)nc4C3)CC2)o1. The zero-order chi connectivity index (χ0) is 23.4. The van der Waals surface area contributed by atoms with Crippen LogP contribution < -0.4 is 4.74 Å². The molecular formula is C24H33F2N3O3S. The standard InChI is InChI=1S/C24H33F2N3O3S/c1-16-27-13-20(32-16)12-19(30)11-18-5-3-17(4-6-18)7-9-29-10-8-22-21(14-29)28-23(33-22)31-15-24(2,25)26/h13,17-18H,3-12,14-15H2,1-2H3. The lowest BCUT2D eigenvalue weighted by Crippen LogP contribution is -2.32. The van der Waals surface area contributed by atoms with Crippen LogP contribution >= 0.6 is 11.3 Å².